The topological polar surface area (TPSA) is 42.4 Å². The van der Waals surface area contributed by atoms with Gasteiger partial charge in [0, 0.05) is 25.2 Å². The predicted molar refractivity (Wildman–Crippen MR) is 80.0 cm³/mol. The number of likely N-dealkylation sites (tertiary alicyclic amines) is 1. The number of hydrogen-bond donors (Lipinski definition) is 0. The highest BCUT2D eigenvalue weighted by Crippen LogP contribution is 2.17. The standard InChI is InChI=1S/C17H17FN2O2/c18-15-6-2-1-5-13(15)11-17(21)20-10-8-14(12-20)22-16-7-3-4-9-19-16/h1-7,9,14H,8,10-12H2. The first kappa shape index (κ1) is 14.5. The van der Waals surface area contributed by atoms with Gasteiger partial charge in [-0.25, -0.2) is 9.37 Å². The summed E-state index contributed by atoms with van der Waals surface area (Å²) in [6.07, 6.45) is 2.47. The molecule has 4 nitrogen and oxygen atoms in total. The van der Waals surface area contributed by atoms with E-state index >= 15 is 0 Å². The van der Waals surface area contributed by atoms with E-state index < -0.39 is 0 Å². The van der Waals surface area contributed by atoms with Gasteiger partial charge in [-0.3, -0.25) is 4.79 Å². The van der Waals surface area contributed by atoms with Crippen molar-refractivity contribution in [1.82, 2.24) is 9.88 Å². The van der Waals surface area contributed by atoms with Gasteiger partial charge in [-0.15, -0.1) is 0 Å². The Balaban J connectivity index is 1.56. The Morgan fingerprint density at radius 2 is 2.09 bits per heavy atom. The Hall–Kier alpha value is -2.43. The number of hydrogen-bond acceptors (Lipinski definition) is 3. The van der Waals surface area contributed by atoms with E-state index in [0.717, 1.165) is 6.42 Å². The number of rotatable bonds is 4. The number of aromatic nitrogens is 1. The maximum absolute atomic E-state index is 13.6. The van der Waals surface area contributed by atoms with Crippen LogP contribution in [0.15, 0.2) is 48.7 Å². The number of pyridine rings is 1. The summed E-state index contributed by atoms with van der Waals surface area (Å²) in [6, 6.07) is 11.9. The molecule has 1 fully saturated rings. The van der Waals surface area contributed by atoms with Crippen LogP contribution in [0, 0.1) is 5.82 Å². The van der Waals surface area contributed by atoms with Crippen molar-refractivity contribution in [3.05, 3.63) is 60.0 Å². The van der Waals surface area contributed by atoms with Crippen LogP contribution in [0.25, 0.3) is 0 Å². The maximum Gasteiger partial charge on any atom is 0.227 e. The van der Waals surface area contributed by atoms with Crippen molar-refractivity contribution < 1.29 is 13.9 Å². The van der Waals surface area contributed by atoms with Crippen molar-refractivity contribution in [2.45, 2.75) is 18.9 Å². The van der Waals surface area contributed by atoms with Crippen LogP contribution in [-0.4, -0.2) is 35.0 Å². The molecule has 0 radical (unpaired) electrons. The lowest BCUT2D eigenvalue weighted by Crippen LogP contribution is -2.32. The van der Waals surface area contributed by atoms with Gasteiger partial charge in [0.15, 0.2) is 0 Å². The molecule has 5 heteroatoms. The molecule has 2 aromatic rings. The molecule has 1 unspecified atom stereocenters. The van der Waals surface area contributed by atoms with Crippen LogP contribution in [0.3, 0.4) is 0 Å². The largest absolute Gasteiger partial charge is 0.472 e. The van der Waals surface area contributed by atoms with Crippen LogP contribution in [0.5, 0.6) is 5.88 Å². The van der Waals surface area contributed by atoms with E-state index in [2.05, 4.69) is 4.98 Å². The second-order valence-corrected chi connectivity index (χ2v) is 5.30. The number of halogens is 1. The summed E-state index contributed by atoms with van der Waals surface area (Å²) in [5.74, 6) is 0.157. The van der Waals surface area contributed by atoms with Crippen LogP contribution in [0.2, 0.25) is 0 Å². The third-order valence-electron chi connectivity index (χ3n) is 3.72. The second kappa shape index (κ2) is 6.56. The average Bonchev–Trinajstić information content (AvgIpc) is 2.99. The zero-order chi connectivity index (χ0) is 15.4. The highest BCUT2D eigenvalue weighted by molar-refractivity contribution is 5.79. The first-order valence-corrected chi connectivity index (χ1v) is 7.31. The minimum absolute atomic E-state index is 0.0560. The average molecular weight is 300 g/mol. The van der Waals surface area contributed by atoms with E-state index in [1.165, 1.54) is 6.07 Å². The van der Waals surface area contributed by atoms with E-state index in [1.54, 1.807) is 35.4 Å². The fourth-order valence-electron chi connectivity index (χ4n) is 2.55. The van der Waals surface area contributed by atoms with Crippen LogP contribution < -0.4 is 4.74 Å². The first-order valence-electron chi connectivity index (χ1n) is 7.31. The van der Waals surface area contributed by atoms with Crippen molar-refractivity contribution >= 4 is 5.91 Å². The van der Waals surface area contributed by atoms with Gasteiger partial charge in [-0.2, -0.15) is 0 Å². The second-order valence-electron chi connectivity index (χ2n) is 5.30. The molecular weight excluding hydrogens is 283 g/mol. The van der Waals surface area contributed by atoms with Gasteiger partial charge in [0.05, 0.1) is 13.0 Å². The van der Waals surface area contributed by atoms with Crippen LogP contribution in [0.4, 0.5) is 4.39 Å². The Morgan fingerprint density at radius 1 is 1.27 bits per heavy atom. The Labute approximate surface area is 128 Å². The molecular formula is C17H17FN2O2. The van der Waals surface area contributed by atoms with Crippen molar-refractivity contribution in [3.63, 3.8) is 0 Å². The quantitative estimate of drug-likeness (QED) is 0.871. The molecule has 0 bridgehead atoms. The van der Waals surface area contributed by atoms with Gasteiger partial charge >= 0.3 is 0 Å². The van der Waals surface area contributed by atoms with Crippen LogP contribution >= 0.6 is 0 Å². The minimum Gasteiger partial charge on any atom is -0.472 e. The molecule has 0 saturated carbocycles. The summed E-state index contributed by atoms with van der Waals surface area (Å²) in [6.45, 7) is 1.15. The lowest BCUT2D eigenvalue weighted by molar-refractivity contribution is -0.129. The zero-order valence-corrected chi connectivity index (χ0v) is 12.1. The zero-order valence-electron chi connectivity index (χ0n) is 12.1. The number of carbonyl (C=O) groups is 1. The monoisotopic (exact) mass is 300 g/mol. The van der Waals surface area contributed by atoms with E-state index in [9.17, 15) is 9.18 Å². The molecule has 0 aliphatic carbocycles. The highest BCUT2D eigenvalue weighted by atomic mass is 19.1. The van der Waals surface area contributed by atoms with E-state index in [4.69, 9.17) is 4.74 Å². The molecule has 1 aromatic heterocycles. The summed E-state index contributed by atoms with van der Waals surface area (Å²) in [5.41, 5.74) is 0.432. The normalized spacial score (nSPS) is 17.5. The molecule has 1 atom stereocenters. The van der Waals surface area contributed by atoms with Gasteiger partial charge in [-0.05, 0) is 17.7 Å². The number of nitrogens with zero attached hydrogens (tertiary/aromatic N) is 2. The van der Waals surface area contributed by atoms with Gasteiger partial charge in [0.25, 0.3) is 0 Å². The summed E-state index contributed by atoms with van der Waals surface area (Å²) in [5, 5.41) is 0. The van der Waals surface area contributed by atoms with Gasteiger partial charge in [-0.1, -0.05) is 24.3 Å². The molecule has 1 saturated heterocycles. The van der Waals surface area contributed by atoms with Gasteiger partial charge in [0.1, 0.15) is 11.9 Å². The molecule has 114 valence electrons. The SMILES string of the molecule is O=C(Cc1ccccc1F)N1CCC(Oc2ccccn2)C1. The van der Waals surface area contributed by atoms with Gasteiger partial charge in [0.2, 0.25) is 11.8 Å². The van der Waals surface area contributed by atoms with Crippen LogP contribution in [0.1, 0.15) is 12.0 Å². The lowest BCUT2D eigenvalue weighted by Gasteiger charge is -2.17. The first-order chi connectivity index (χ1) is 10.7. The Morgan fingerprint density at radius 3 is 2.86 bits per heavy atom. The van der Waals surface area contributed by atoms with E-state index in [0.29, 0.717) is 24.5 Å². The minimum atomic E-state index is -0.337. The fourth-order valence-corrected chi connectivity index (χ4v) is 2.55. The number of amides is 1. The molecule has 0 spiro atoms. The fraction of sp³-hybridized carbons (Fsp3) is 0.294. The van der Waals surface area contributed by atoms with Crippen molar-refractivity contribution in [1.29, 1.82) is 0 Å². The smallest absolute Gasteiger partial charge is 0.227 e. The van der Waals surface area contributed by atoms with Crippen molar-refractivity contribution in [2.24, 2.45) is 0 Å². The molecule has 22 heavy (non-hydrogen) atoms. The van der Waals surface area contributed by atoms with E-state index in [1.807, 2.05) is 12.1 Å². The third kappa shape index (κ3) is 3.42. The van der Waals surface area contributed by atoms with E-state index in [-0.39, 0.29) is 24.2 Å². The molecule has 1 amide bonds. The molecule has 1 aliphatic heterocycles. The predicted octanol–water partition coefficient (Wildman–Crippen LogP) is 2.44. The van der Waals surface area contributed by atoms with Gasteiger partial charge < -0.3 is 9.64 Å². The molecule has 3 rings (SSSR count). The van der Waals surface area contributed by atoms with Crippen LogP contribution in [-0.2, 0) is 11.2 Å². The van der Waals surface area contributed by atoms with Crippen molar-refractivity contribution in [2.75, 3.05) is 13.1 Å². The molecule has 0 N–H and O–H groups in total. The molecule has 1 aliphatic rings. The Kier molecular flexibility index (Phi) is 4.32. The Bertz CT molecular complexity index is 648. The third-order valence-corrected chi connectivity index (χ3v) is 3.72. The summed E-state index contributed by atoms with van der Waals surface area (Å²) in [4.78, 5) is 18.1. The summed E-state index contributed by atoms with van der Waals surface area (Å²) >= 11 is 0. The maximum atomic E-state index is 13.6. The number of ether oxygens (including phenoxy) is 1. The number of carbonyl (C=O) groups excluding carboxylic acids is 1. The highest BCUT2D eigenvalue weighted by Gasteiger charge is 2.28. The summed E-state index contributed by atoms with van der Waals surface area (Å²) < 4.78 is 19.3. The lowest BCUT2D eigenvalue weighted by atomic mass is 10.1. The van der Waals surface area contributed by atoms with Crippen molar-refractivity contribution in [3.8, 4) is 5.88 Å². The molecule has 1 aromatic carbocycles. The number of benzene rings is 1. The molecule has 2 heterocycles. The summed E-state index contributed by atoms with van der Waals surface area (Å²) in [7, 11) is 0.